The molecule has 0 spiro atoms. The Morgan fingerprint density at radius 1 is 1.38 bits per heavy atom. The second-order valence-electron chi connectivity index (χ2n) is 4.93. The average molecular weight is 225 g/mol. The van der Waals surface area contributed by atoms with E-state index in [0.717, 1.165) is 25.4 Å². The van der Waals surface area contributed by atoms with Crippen LogP contribution in [0.15, 0.2) is 12.3 Å². The first-order valence-electron chi connectivity index (χ1n) is 5.80. The zero-order valence-electron chi connectivity index (χ0n) is 10.8. The van der Waals surface area contributed by atoms with E-state index >= 15 is 0 Å². The van der Waals surface area contributed by atoms with Gasteiger partial charge in [0.25, 0.3) is 0 Å². The number of ether oxygens (including phenoxy) is 1. The molecule has 0 aliphatic carbocycles. The van der Waals surface area contributed by atoms with Gasteiger partial charge in [-0.05, 0) is 13.1 Å². The third-order valence-corrected chi connectivity index (χ3v) is 2.37. The van der Waals surface area contributed by atoms with Gasteiger partial charge in [-0.25, -0.2) is 0 Å². The first kappa shape index (κ1) is 13.2. The van der Waals surface area contributed by atoms with Crippen LogP contribution in [0.3, 0.4) is 0 Å². The zero-order valence-corrected chi connectivity index (χ0v) is 10.8. The molecule has 0 unspecified atom stereocenters. The van der Waals surface area contributed by atoms with Gasteiger partial charge in [0.2, 0.25) is 0 Å². The summed E-state index contributed by atoms with van der Waals surface area (Å²) < 4.78 is 7.39. The summed E-state index contributed by atoms with van der Waals surface area (Å²) in [6.07, 6.45) is 2.02. The van der Waals surface area contributed by atoms with E-state index in [9.17, 15) is 0 Å². The molecule has 0 aromatic carbocycles. The van der Waals surface area contributed by atoms with Crippen LogP contribution in [0.4, 0.5) is 0 Å². The molecule has 0 aliphatic rings. The molecule has 0 bridgehead atoms. The summed E-state index contributed by atoms with van der Waals surface area (Å²) in [6.45, 7) is 9.69. The minimum Gasteiger partial charge on any atom is -0.378 e. The lowest BCUT2D eigenvalue weighted by Crippen LogP contribution is -2.17. The van der Waals surface area contributed by atoms with Crippen molar-refractivity contribution in [2.45, 2.75) is 32.7 Å². The summed E-state index contributed by atoms with van der Waals surface area (Å²) in [5.41, 5.74) is 1.25. The number of nitrogens with one attached hydrogen (secondary N) is 1. The summed E-state index contributed by atoms with van der Waals surface area (Å²) >= 11 is 0. The quantitative estimate of drug-likeness (QED) is 0.744. The van der Waals surface area contributed by atoms with Crippen LogP contribution in [0.25, 0.3) is 0 Å². The van der Waals surface area contributed by atoms with Crippen LogP contribution >= 0.6 is 0 Å². The number of rotatable bonds is 6. The number of likely N-dealkylation sites (N-methyl/N-ethyl adjacent to an activating group) is 1. The van der Waals surface area contributed by atoms with Crippen LogP contribution in [0, 0.1) is 0 Å². The van der Waals surface area contributed by atoms with E-state index < -0.39 is 0 Å². The topological polar surface area (TPSA) is 39.1 Å². The highest BCUT2D eigenvalue weighted by Crippen LogP contribution is 2.19. The van der Waals surface area contributed by atoms with Crippen molar-refractivity contribution in [3.05, 3.63) is 18.0 Å². The summed E-state index contributed by atoms with van der Waals surface area (Å²) in [6, 6.07) is 2.08. The third-order valence-electron chi connectivity index (χ3n) is 2.37. The smallest absolute Gasteiger partial charge is 0.0677 e. The molecule has 1 aromatic heterocycles. The largest absolute Gasteiger partial charge is 0.378 e. The van der Waals surface area contributed by atoms with E-state index in [2.05, 4.69) is 37.3 Å². The Kier molecular flexibility index (Phi) is 4.96. The zero-order chi connectivity index (χ0) is 12.0. The maximum Gasteiger partial charge on any atom is 0.0677 e. The Balaban J connectivity index is 2.30. The van der Waals surface area contributed by atoms with Crippen LogP contribution in [0.2, 0.25) is 0 Å². The van der Waals surface area contributed by atoms with Gasteiger partial charge in [-0.2, -0.15) is 5.10 Å². The highest BCUT2D eigenvalue weighted by Gasteiger charge is 2.16. The Bertz CT molecular complexity index is 301. The van der Waals surface area contributed by atoms with Crippen LogP contribution in [-0.4, -0.2) is 36.6 Å². The first-order chi connectivity index (χ1) is 7.54. The predicted molar refractivity (Wildman–Crippen MR) is 65.7 cm³/mol. The normalized spacial score (nSPS) is 12.0. The van der Waals surface area contributed by atoms with Crippen molar-refractivity contribution in [2.75, 3.05) is 26.8 Å². The second-order valence-corrected chi connectivity index (χ2v) is 4.93. The standard InChI is InChI=1S/C12H23N3O/c1-12(2,3)11-5-7-15(14-11)8-10-16-9-6-13-4/h5,7,13H,6,8-10H2,1-4H3. The van der Waals surface area contributed by atoms with Crippen LogP contribution in [0.1, 0.15) is 26.5 Å². The Morgan fingerprint density at radius 2 is 2.12 bits per heavy atom. The molecule has 92 valence electrons. The molecule has 0 amide bonds. The number of hydrogen-bond donors (Lipinski definition) is 1. The van der Waals surface area contributed by atoms with E-state index in [0.29, 0.717) is 6.61 Å². The monoisotopic (exact) mass is 225 g/mol. The molecule has 4 nitrogen and oxygen atoms in total. The van der Waals surface area contributed by atoms with Gasteiger partial charge in [-0.15, -0.1) is 0 Å². The van der Waals surface area contributed by atoms with E-state index in [1.807, 2.05) is 17.9 Å². The van der Waals surface area contributed by atoms with Gasteiger partial charge >= 0.3 is 0 Å². The third kappa shape index (κ3) is 4.33. The lowest BCUT2D eigenvalue weighted by Gasteiger charge is -2.14. The van der Waals surface area contributed by atoms with Crippen molar-refractivity contribution < 1.29 is 4.74 Å². The summed E-state index contributed by atoms with van der Waals surface area (Å²) in [7, 11) is 1.92. The Hall–Kier alpha value is -0.870. The minimum atomic E-state index is 0.123. The number of hydrogen-bond acceptors (Lipinski definition) is 3. The molecule has 16 heavy (non-hydrogen) atoms. The van der Waals surface area contributed by atoms with Gasteiger partial charge in [0.1, 0.15) is 0 Å². The fourth-order valence-corrected chi connectivity index (χ4v) is 1.32. The molecule has 1 aromatic rings. The van der Waals surface area contributed by atoms with Gasteiger partial charge in [0, 0.05) is 18.2 Å². The molecule has 0 atom stereocenters. The minimum absolute atomic E-state index is 0.123. The molecule has 0 saturated carbocycles. The molecular formula is C12H23N3O. The van der Waals surface area contributed by atoms with Crippen molar-refractivity contribution in [1.29, 1.82) is 0 Å². The van der Waals surface area contributed by atoms with Gasteiger partial charge in [-0.1, -0.05) is 20.8 Å². The molecular weight excluding hydrogens is 202 g/mol. The van der Waals surface area contributed by atoms with Gasteiger partial charge in [0.15, 0.2) is 0 Å². The molecule has 4 heteroatoms. The highest BCUT2D eigenvalue weighted by molar-refractivity contribution is 5.10. The van der Waals surface area contributed by atoms with Crippen molar-refractivity contribution in [3.63, 3.8) is 0 Å². The van der Waals surface area contributed by atoms with Crippen LogP contribution in [0.5, 0.6) is 0 Å². The van der Waals surface area contributed by atoms with Crippen LogP contribution < -0.4 is 5.32 Å². The number of nitrogens with zero attached hydrogens (tertiary/aromatic N) is 2. The maximum absolute atomic E-state index is 5.45. The Morgan fingerprint density at radius 3 is 2.69 bits per heavy atom. The fraction of sp³-hybridized carbons (Fsp3) is 0.750. The molecule has 1 rings (SSSR count). The second kappa shape index (κ2) is 6.01. The maximum atomic E-state index is 5.45. The summed E-state index contributed by atoms with van der Waals surface area (Å²) in [4.78, 5) is 0. The molecule has 1 heterocycles. The fourth-order valence-electron chi connectivity index (χ4n) is 1.32. The summed E-state index contributed by atoms with van der Waals surface area (Å²) in [5.74, 6) is 0. The predicted octanol–water partition coefficient (Wildman–Crippen LogP) is 1.42. The van der Waals surface area contributed by atoms with E-state index in [1.54, 1.807) is 0 Å². The lowest BCUT2D eigenvalue weighted by atomic mass is 9.93. The van der Waals surface area contributed by atoms with E-state index in [-0.39, 0.29) is 5.41 Å². The van der Waals surface area contributed by atoms with Gasteiger partial charge in [0.05, 0.1) is 25.5 Å². The van der Waals surface area contributed by atoms with Gasteiger partial charge < -0.3 is 10.1 Å². The molecule has 0 radical (unpaired) electrons. The highest BCUT2D eigenvalue weighted by atomic mass is 16.5. The summed E-state index contributed by atoms with van der Waals surface area (Å²) in [5, 5.41) is 7.56. The van der Waals surface area contributed by atoms with Crippen molar-refractivity contribution >= 4 is 0 Å². The van der Waals surface area contributed by atoms with E-state index in [1.165, 1.54) is 0 Å². The van der Waals surface area contributed by atoms with Crippen molar-refractivity contribution in [2.24, 2.45) is 0 Å². The first-order valence-corrected chi connectivity index (χ1v) is 5.80. The van der Waals surface area contributed by atoms with Crippen molar-refractivity contribution in [1.82, 2.24) is 15.1 Å². The average Bonchev–Trinajstić information content (AvgIpc) is 2.65. The number of aromatic nitrogens is 2. The SMILES string of the molecule is CNCCOCCn1ccc(C(C)(C)C)n1. The van der Waals surface area contributed by atoms with Gasteiger partial charge in [-0.3, -0.25) is 4.68 Å². The molecule has 1 N–H and O–H groups in total. The van der Waals surface area contributed by atoms with Crippen LogP contribution in [-0.2, 0) is 16.7 Å². The molecule has 0 aliphatic heterocycles. The lowest BCUT2D eigenvalue weighted by molar-refractivity contribution is 0.126. The van der Waals surface area contributed by atoms with Crippen molar-refractivity contribution in [3.8, 4) is 0 Å². The molecule has 0 saturated heterocycles. The Labute approximate surface area is 98.0 Å². The van der Waals surface area contributed by atoms with E-state index in [4.69, 9.17) is 4.74 Å². The molecule has 0 fully saturated rings.